The smallest absolute Gasteiger partial charge is 0.237 e. The van der Waals surface area contributed by atoms with Gasteiger partial charge in [0.25, 0.3) is 0 Å². The van der Waals surface area contributed by atoms with Crippen molar-refractivity contribution in [3.05, 3.63) is 101 Å². The number of allylic oxidation sites excluding steroid dienone is 2. The normalized spacial score (nSPS) is 16.8. The van der Waals surface area contributed by atoms with E-state index in [-0.39, 0.29) is 0 Å². The number of piperidine rings is 1. The first-order chi connectivity index (χ1) is 23.7. The number of methoxy groups -OCH3 is 2. The zero-order valence-electron chi connectivity index (χ0n) is 28.7. The zero-order chi connectivity index (χ0) is 34.5. The van der Waals surface area contributed by atoms with Crippen molar-refractivity contribution in [3.63, 3.8) is 0 Å². The van der Waals surface area contributed by atoms with Crippen LogP contribution in [0.5, 0.6) is 11.8 Å². The van der Waals surface area contributed by atoms with Gasteiger partial charge in [0.15, 0.2) is 0 Å². The number of halogens is 1. The Kier molecular flexibility index (Phi) is 10.8. The van der Waals surface area contributed by atoms with Gasteiger partial charge in [-0.2, -0.15) is 0 Å². The molecular formula is C39H46ClN7O2. The maximum Gasteiger partial charge on any atom is 0.237 e. The lowest BCUT2D eigenvalue weighted by Gasteiger charge is -2.32. The van der Waals surface area contributed by atoms with Gasteiger partial charge in [0.1, 0.15) is 5.69 Å². The maximum atomic E-state index is 7.15. The van der Waals surface area contributed by atoms with Crippen LogP contribution in [-0.2, 0) is 13.1 Å². The number of pyridine rings is 1. The molecule has 4 heterocycles. The maximum absolute atomic E-state index is 7.15. The molecule has 2 aliphatic heterocycles. The van der Waals surface area contributed by atoms with Gasteiger partial charge in [-0.05, 0) is 62.9 Å². The number of ether oxygens (including phenoxy) is 2. The van der Waals surface area contributed by atoms with Crippen LogP contribution in [0, 0.1) is 12.8 Å². The minimum atomic E-state index is 0.378. The fraction of sp³-hybridized carbons (Fsp3) is 0.359. The second-order valence-electron chi connectivity index (χ2n) is 13.0. The van der Waals surface area contributed by atoms with Crippen molar-refractivity contribution in [1.82, 2.24) is 30.5 Å². The molecule has 0 saturated carbocycles. The minimum absolute atomic E-state index is 0.378. The summed E-state index contributed by atoms with van der Waals surface area (Å²) < 4.78 is 11.5. The van der Waals surface area contributed by atoms with Crippen LogP contribution >= 0.6 is 11.6 Å². The first kappa shape index (κ1) is 34.4. The first-order valence-corrected chi connectivity index (χ1v) is 17.3. The van der Waals surface area contributed by atoms with Gasteiger partial charge in [0.05, 0.1) is 36.8 Å². The van der Waals surface area contributed by atoms with Crippen molar-refractivity contribution >= 4 is 11.6 Å². The number of nitrogens with zero attached hydrogens (tertiary/aromatic N) is 4. The van der Waals surface area contributed by atoms with Gasteiger partial charge in [-0.25, -0.2) is 9.97 Å². The van der Waals surface area contributed by atoms with Gasteiger partial charge < -0.3 is 25.8 Å². The zero-order valence-corrected chi connectivity index (χ0v) is 29.4. The molecule has 49 heavy (non-hydrogen) atoms. The van der Waals surface area contributed by atoms with Crippen molar-refractivity contribution in [2.75, 3.05) is 33.9 Å². The van der Waals surface area contributed by atoms with Crippen molar-refractivity contribution in [1.29, 1.82) is 0 Å². The van der Waals surface area contributed by atoms with Crippen LogP contribution in [0.25, 0.3) is 33.6 Å². The van der Waals surface area contributed by atoms with E-state index >= 15 is 0 Å². The number of rotatable bonds is 12. The molecule has 2 aromatic carbocycles. The van der Waals surface area contributed by atoms with Gasteiger partial charge >= 0.3 is 0 Å². The second kappa shape index (κ2) is 15.4. The molecular weight excluding hydrogens is 634 g/mol. The van der Waals surface area contributed by atoms with E-state index < -0.39 is 0 Å². The predicted molar refractivity (Wildman–Crippen MR) is 197 cm³/mol. The topological polar surface area (TPSA) is 110 Å². The molecule has 2 aliphatic rings. The quantitative estimate of drug-likeness (QED) is 0.147. The molecule has 2 fully saturated rings. The van der Waals surface area contributed by atoms with Crippen LogP contribution in [0.3, 0.4) is 0 Å². The number of aromatic nitrogens is 3. The van der Waals surface area contributed by atoms with Crippen molar-refractivity contribution in [2.24, 2.45) is 11.7 Å². The molecule has 2 aromatic heterocycles. The van der Waals surface area contributed by atoms with E-state index in [1.54, 1.807) is 20.4 Å². The van der Waals surface area contributed by atoms with Gasteiger partial charge in [-0.3, -0.25) is 9.88 Å². The number of benzene rings is 2. The van der Waals surface area contributed by atoms with E-state index in [1.807, 2.05) is 24.3 Å². The summed E-state index contributed by atoms with van der Waals surface area (Å²) in [5.41, 5.74) is 15.9. The molecule has 2 saturated heterocycles. The van der Waals surface area contributed by atoms with Gasteiger partial charge in [0, 0.05) is 65.2 Å². The summed E-state index contributed by atoms with van der Waals surface area (Å²) in [6, 6.07) is 16.8. The summed E-state index contributed by atoms with van der Waals surface area (Å²) in [4.78, 5) is 16.9. The molecule has 4 N–H and O–H groups in total. The Morgan fingerprint density at radius 3 is 2.35 bits per heavy atom. The molecule has 1 atom stereocenters. The molecule has 0 unspecified atom stereocenters. The SMILES string of the molecule is C=C1CC[C@@H](CNCc2ncc(-c3cccc(-c4cccc(-c5ccc(CN6CCC(C(=C)N)CC6)c(OC)n5)c4C)c3Cl)nc2OC)N1. The third-order valence-corrected chi connectivity index (χ3v) is 10.1. The summed E-state index contributed by atoms with van der Waals surface area (Å²) in [7, 11) is 3.30. The van der Waals surface area contributed by atoms with Crippen molar-refractivity contribution in [3.8, 4) is 45.4 Å². The second-order valence-corrected chi connectivity index (χ2v) is 13.3. The Hall–Kier alpha value is -4.44. The number of nitrogens with two attached hydrogens (primary N) is 1. The monoisotopic (exact) mass is 679 g/mol. The van der Waals surface area contributed by atoms with E-state index in [1.165, 1.54) is 0 Å². The third kappa shape index (κ3) is 7.75. The number of hydrogen-bond acceptors (Lipinski definition) is 9. The van der Waals surface area contributed by atoms with Crippen LogP contribution in [0.4, 0.5) is 0 Å². The molecule has 0 radical (unpaired) electrons. The van der Waals surface area contributed by atoms with Gasteiger partial charge in [-0.1, -0.05) is 67.2 Å². The Bertz CT molecular complexity index is 1840. The minimum Gasteiger partial charge on any atom is -0.481 e. The van der Waals surface area contributed by atoms with Gasteiger partial charge in [-0.15, -0.1) is 0 Å². The number of hydrogen-bond donors (Lipinski definition) is 3. The van der Waals surface area contributed by atoms with E-state index in [0.717, 1.165) is 108 Å². The van der Waals surface area contributed by atoms with Crippen LogP contribution in [0.2, 0.25) is 5.02 Å². The third-order valence-electron chi connectivity index (χ3n) is 9.70. The van der Waals surface area contributed by atoms with Crippen molar-refractivity contribution in [2.45, 2.75) is 51.7 Å². The van der Waals surface area contributed by atoms with Crippen LogP contribution in [-0.4, -0.2) is 59.7 Å². The summed E-state index contributed by atoms with van der Waals surface area (Å²) in [6.07, 6.45) is 5.90. The summed E-state index contributed by atoms with van der Waals surface area (Å²) in [5, 5.41) is 7.47. The Morgan fingerprint density at radius 1 is 0.959 bits per heavy atom. The average molecular weight is 680 g/mol. The molecule has 6 rings (SSSR count). The van der Waals surface area contributed by atoms with E-state index in [9.17, 15) is 0 Å². The Labute approximate surface area is 294 Å². The summed E-state index contributed by atoms with van der Waals surface area (Å²) in [5.74, 6) is 1.51. The largest absolute Gasteiger partial charge is 0.481 e. The molecule has 0 amide bonds. The predicted octanol–water partition coefficient (Wildman–Crippen LogP) is 6.89. The fourth-order valence-corrected chi connectivity index (χ4v) is 7.20. The average Bonchev–Trinajstić information content (AvgIpc) is 3.53. The molecule has 256 valence electrons. The lowest BCUT2D eigenvalue weighted by atomic mass is 9.93. The highest BCUT2D eigenvalue weighted by Crippen LogP contribution is 2.40. The molecule has 4 aromatic rings. The van der Waals surface area contributed by atoms with Gasteiger partial charge in [0.2, 0.25) is 11.8 Å². The summed E-state index contributed by atoms with van der Waals surface area (Å²) in [6.45, 7) is 14.2. The van der Waals surface area contributed by atoms with E-state index in [2.05, 4.69) is 59.9 Å². The molecule has 0 spiro atoms. The molecule has 0 bridgehead atoms. The molecule has 10 heteroatoms. The first-order valence-electron chi connectivity index (χ1n) is 16.9. The van der Waals surface area contributed by atoms with Crippen molar-refractivity contribution < 1.29 is 9.47 Å². The highest BCUT2D eigenvalue weighted by atomic mass is 35.5. The highest BCUT2D eigenvalue weighted by molar-refractivity contribution is 6.36. The van der Waals surface area contributed by atoms with E-state index in [4.69, 9.17) is 41.8 Å². The lowest BCUT2D eigenvalue weighted by Crippen LogP contribution is -2.34. The fourth-order valence-electron chi connectivity index (χ4n) is 6.87. The van der Waals surface area contributed by atoms with Crippen LogP contribution < -0.4 is 25.8 Å². The lowest BCUT2D eigenvalue weighted by molar-refractivity contribution is 0.188. The molecule has 0 aliphatic carbocycles. The number of nitrogens with one attached hydrogen (secondary N) is 2. The molecule has 9 nitrogen and oxygen atoms in total. The highest BCUT2D eigenvalue weighted by Gasteiger charge is 2.23. The van der Waals surface area contributed by atoms with Crippen LogP contribution in [0.1, 0.15) is 42.5 Å². The van der Waals surface area contributed by atoms with Crippen LogP contribution in [0.15, 0.2) is 79.3 Å². The Morgan fingerprint density at radius 2 is 1.65 bits per heavy atom. The number of likely N-dealkylation sites (tertiary alicyclic amines) is 1. The Balaban J connectivity index is 1.21. The van der Waals surface area contributed by atoms with E-state index in [0.29, 0.717) is 41.0 Å². The standard InChI is InChI=1S/C39H46ClN7O2/c1-24-12-14-29(44-24)20-42-21-36-39(49-5)46-35(22-43-36)33-11-7-10-32(37(33)40)30-8-6-9-31(25(30)2)34-15-13-28(38(45-34)48-4)23-47-18-16-27(17-19-47)26(3)41/h6-11,13,15,22,27,29,42,44H,1,3,12,14,16-21,23,41H2,2,4-5H3/t29-/m0/s1. The summed E-state index contributed by atoms with van der Waals surface area (Å²) >= 11 is 7.15.